The van der Waals surface area contributed by atoms with Gasteiger partial charge in [-0.2, -0.15) is 5.10 Å². The number of anilines is 1. The average molecular weight is 366 g/mol. The molecule has 0 aliphatic carbocycles. The fourth-order valence-corrected chi connectivity index (χ4v) is 3.80. The molecule has 1 aliphatic heterocycles. The summed E-state index contributed by atoms with van der Waals surface area (Å²) in [4.78, 5) is 17.2. The normalized spacial score (nSPS) is 19.3. The smallest absolute Gasteiger partial charge is 0.238 e. The number of aromatic nitrogens is 2. The third-order valence-electron chi connectivity index (χ3n) is 5.06. The highest BCUT2D eigenvalue weighted by atomic mass is 16.3. The molecule has 26 heavy (non-hydrogen) atoms. The van der Waals surface area contributed by atoms with E-state index in [0.29, 0.717) is 18.5 Å². The van der Waals surface area contributed by atoms with Crippen LogP contribution in [0.25, 0.3) is 0 Å². The number of amides is 1. The average Bonchev–Trinajstić information content (AvgIpc) is 2.84. The van der Waals surface area contributed by atoms with Gasteiger partial charge in [-0.15, -0.1) is 0 Å². The van der Waals surface area contributed by atoms with Crippen molar-refractivity contribution in [1.82, 2.24) is 19.6 Å². The van der Waals surface area contributed by atoms with Gasteiger partial charge in [0.25, 0.3) is 0 Å². The van der Waals surface area contributed by atoms with Gasteiger partial charge in [-0.25, -0.2) is 0 Å². The van der Waals surface area contributed by atoms with Gasteiger partial charge in [0.2, 0.25) is 5.91 Å². The van der Waals surface area contributed by atoms with Crippen molar-refractivity contribution in [3.05, 3.63) is 11.4 Å². The second kappa shape index (κ2) is 9.48. The molecule has 1 aliphatic rings. The molecular formula is C19H35N5O2. The molecule has 148 valence electrons. The van der Waals surface area contributed by atoms with Crippen molar-refractivity contribution in [2.24, 2.45) is 5.92 Å². The Morgan fingerprint density at radius 3 is 2.65 bits per heavy atom. The lowest BCUT2D eigenvalue weighted by molar-refractivity contribution is -0.118. The van der Waals surface area contributed by atoms with Crippen LogP contribution in [0, 0.1) is 19.8 Å². The standard InChI is InChI=1S/C19H35N5O2/c1-6-24-16(5)19(15(4)21-24)20-18(26)13-22-8-9-23(11-14(2)3)17(12-22)7-10-25/h14,17,25H,6-13H2,1-5H3,(H,20,26). The number of aryl methyl sites for hydroxylation is 2. The van der Waals surface area contributed by atoms with Crippen molar-refractivity contribution in [2.45, 2.75) is 53.6 Å². The molecule has 1 aromatic heterocycles. The topological polar surface area (TPSA) is 73.6 Å². The van der Waals surface area contributed by atoms with E-state index in [1.165, 1.54) is 0 Å². The summed E-state index contributed by atoms with van der Waals surface area (Å²) >= 11 is 0. The summed E-state index contributed by atoms with van der Waals surface area (Å²) in [6.45, 7) is 15.5. The Balaban J connectivity index is 1.94. The maximum absolute atomic E-state index is 12.6. The third-order valence-corrected chi connectivity index (χ3v) is 5.06. The Hall–Kier alpha value is -1.44. The van der Waals surface area contributed by atoms with Gasteiger partial charge < -0.3 is 10.4 Å². The second-order valence-electron chi connectivity index (χ2n) is 7.70. The Morgan fingerprint density at radius 2 is 2.08 bits per heavy atom. The molecule has 1 atom stereocenters. The monoisotopic (exact) mass is 365 g/mol. The summed E-state index contributed by atoms with van der Waals surface area (Å²) in [5.74, 6) is 0.610. The predicted octanol–water partition coefficient (Wildman–Crippen LogP) is 1.48. The second-order valence-corrected chi connectivity index (χ2v) is 7.70. The number of rotatable bonds is 8. The molecule has 7 heteroatoms. The third kappa shape index (κ3) is 5.28. The van der Waals surface area contributed by atoms with E-state index in [4.69, 9.17) is 0 Å². The Morgan fingerprint density at radius 1 is 1.35 bits per heavy atom. The maximum Gasteiger partial charge on any atom is 0.238 e. The Labute approximate surface area is 157 Å². The van der Waals surface area contributed by atoms with Gasteiger partial charge in [0.05, 0.1) is 23.6 Å². The van der Waals surface area contributed by atoms with E-state index >= 15 is 0 Å². The molecule has 0 radical (unpaired) electrons. The lowest BCUT2D eigenvalue weighted by atomic mass is 10.1. The molecule has 0 saturated carbocycles. The highest BCUT2D eigenvalue weighted by Crippen LogP contribution is 2.20. The maximum atomic E-state index is 12.6. The first kappa shape index (κ1) is 20.9. The Bertz CT molecular complexity index is 599. The molecule has 1 fully saturated rings. The highest BCUT2D eigenvalue weighted by molar-refractivity contribution is 5.93. The fraction of sp³-hybridized carbons (Fsp3) is 0.789. The van der Waals surface area contributed by atoms with E-state index in [1.54, 1.807) is 0 Å². The van der Waals surface area contributed by atoms with Crippen LogP contribution < -0.4 is 5.32 Å². The van der Waals surface area contributed by atoms with Crippen LogP contribution in [0.3, 0.4) is 0 Å². The van der Waals surface area contributed by atoms with Crippen LogP contribution in [0.1, 0.15) is 38.6 Å². The highest BCUT2D eigenvalue weighted by Gasteiger charge is 2.28. The summed E-state index contributed by atoms with van der Waals surface area (Å²) in [6.07, 6.45) is 0.756. The summed E-state index contributed by atoms with van der Waals surface area (Å²) in [5, 5.41) is 16.9. The van der Waals surface area contributed by atoms with E-state index in [0.717, 1.165) is 56.2 Å². The van der Waals surface area contributed by atoms with Gasteiger partial charge in [-0.3, -0.25) is 19.3 Å². The van der Waals surface area contributed by atoms with Crippen molar-refractivity contribution in [3.8, 4) is 0 Å². The summed E-state index contributed by atoms with van der Waals surface area (Å²) in [5.41, 5.74) is 2.69. The minimum Gasteiger partial charge on any atom is -0.396 e. The van der Waals surface area contributed by atoms with Gasteiger partial charge >= 0.3 is 0 Å². The van der Waals surface area contributed by atoms with Crippen molar-refractivity contribution < 1.29 is 9.90 Å². The van der Waals surface area contributed by atoms with Gasteiger partial charge in [0.15, 0.2) is 0 Å². The molecular weight excluding hydrogens is 330 g/mol. The first-order valence-electron chi connectivity index (χ1n) is 9.76. The van der Waals surface area contributed by atoms with Gasteiger partial charge in [-0.05, 0) is 33.1 Å². The number of aliphatic hydroxyl groups excluding tert-OH is 1. The number of hydrogen-bond acceptors (Lipinski definition) is 5. The van der Waals surface area contributed by atoms with Crippen LogP contribution in [-0.2, 0) is 11.3 Å². The van der Waals surface area contributed by atoms with Crippen LogP contribution in [0.5, 0.6) is 0 Å². The molecule has 7 nitrogen and oxygen atoms in total. The molecule has 0 bridgehead atoms. The van der Waals surface area contributed by atoms with E-state index in [9.17, 15) is 9.90 Å². The summed E-state index contributed by atoms with van der Waals surface area (Å²) < 4.78 is 1.91. The van der Waals surface area contributed by atoms with Crippen LogP contribution in [0.4, 0.5) is 5.69 Å². The van der Waals surface area contributed by atoms with Crippen molar-refractivity contribution in [1.29, 1.82) is 0 Å². The first-order valence-corrected chi connectivity index (χ1v) is 9.76. The molecule has 1 saturated heterocycles. The number of nitrogens with one attached hydrogen (secondary N) is 1. The Kier molecular flexibility index (Phi) is 7.61. The SMILES string of the molecule is CCn1nc(C)c(NC(=O)CN2CCN(CC(C)C)C(CCO)C2)c1C. The van der Waals surface area contributed by atoms with E-state index in [2.05, 4.69) is 34.1 Å². The number of carbonyl (C=O) groups excluding carboxylic acids is 1. The van der Waals surface area contributed by atoms with Crippen LogP contribution >= 0.6 is 0 Å². The molecule has 0 spiro atoms. The molecule has 1 aromatic rings. The predicted molar refractivity (Wildman–Crippen MR) is 104 cm³/mol. The number of hydrogen-bond donors (Lipinski definition) is 2. The fourth-order valence-electron chi connectivity index (χ4n) is 3.80. The minimum atomic E-state index is 0.00640. The summed E-state index contributed by atoms with van der Waals surface area (Å²) in [6, 6.07) is 0.315. The summed E-state index contributed by atoms with van der Waals surface area (Å²) in [7, 11) is 0. The minimum absolute atomic E-state index is 0.00640. The zero-order chi connectivity index (χ0) is 19.3. The molecule has 2 rings (SSSR count). The molecule has 0 aromatic carbocycles. The molecule has 2 N–H and O–H groups in total. The zero-order valence-electron chi connectivity index (χ0n) is 17.0. The molecule has 1 amide bonds. The lowest BCUT2D eigenvalue weighted by Crippen LogP contribution is -2.55. The van der Waals surface area contributed by atoms with E-state index < -0.39 is 0 Å². The van der Waals surface area contributed by atoms with Crippen LogP contribution in [0.15, 0.2) is 0 Å². The first-order chi connectivity index (χ1) is 12.3. The lowest BCUT2D eigenvalue weighted by Gasteiger charge is -2.42. The number of piperazine rings is 1. The van der Waals surface area contributed by atoms with Gasteiger partial charge in [0, 0.05) is 45.4 Å². The van der Waals surface area contributed by atoms with E-state index in [1.807, 2.05) is 25.5 Å². The van der Waals surface area contributed by atoms with E-state index in [-0.39, 0.29) is 12.5 Å². The number of carbonyl (C=O) groups is 1. The van der Waals surface area contributed by atoms with Gasteiger partial charge in [-0.1, -0.05) is 13.8 Å². The molecule has 2 heterocycles. The van der Waals surface area contributed by atoms with Crippen molar-refractivity contribution in [2.75, 3.05) is 44.6 Å². The van der Waals surface area contributed by atoms with Crippen LogP contribution in [-0.4, -0.2) is 76.0 Å². The largest absolute Gasteiger partial charge is 0.396 e. The quantitative estimate of drug-likeness (QED) is 0.730. The van der Waals surface area contributed by atoms with Crippen molar-refractivity contribution >= 4 is 11.6 Å². The number of aliphatic hydroxyl groups is 1. The van der Waals surface area contributed by atoms with Crippen LogP contribution in [0.2, 0.25) is 0 Å². The zero-order valence-corrected chi connectivity index (χ0v) is 17.0. The molecule has 1 unspecified atom stereocenters. The van der Waals surface area contributed by atoms with Gasteiger partial charge in [0.1, 0.15) is 0 Å². The number of nitrogens with zero attached hydrogens (tertiary/aromatic N) is 4. The van der Waals surface area contributed by atoms with Crippen molar-refractivity contribution in [3.63, 3.8) is 0 Å².